The van der Waals surface area contributed by atoms with Crippen LogP contribution in [-0.4, -0.2) is 5.97 Å². The largest absolute Gasteiger partial charge is 0.436 e. The van der Waals surface area contributed by atoms with Gasteiger partial charge >= 0.3 is 5.97 Å². The Kier molecular flexibility index (Phi) is 1.48. The van der Waals surface area contributed by atoms with Crippen LogP contribution in [0.15, 0.2) is 18.2 Å². The van der Waals surface area contributed by atoms with Crippen LogP contribution in [0, 0.1) is 6.92 Å². The molecule has 1 aliphatic heterocycles. The predicted molar refractivity (Wildman–Crippen MR) is 48.1 cm³/mol. The van der Waals surface area contributed by atoms with Crippen molar-refractivity contribution in [2.45, 2.75) is 19.6 Å². The number of carbonyl (C=O) groups excluding carboxylic acids is 1. The Labute approximate surface area is 76.5 Å². The van der Waals surface area contributed by atoms with E-state index in [-0.39, 0.29) is 5.97 Å². The molecule has 0 aliphatic carbocycles. The van der Waals surface area contributed by atoms with E-state index in [1.54, 1.807) is 13.0 Å². The van der Waals surface area contributed by atoms with Gasteiger partial charge in [-0.15, -0.1) is 0 Å². The van der Waals surface area contributed by atoms with Crippen LogP contribution in [0.2, 0.25) is 0 Å². The summed E-state index contributed by atoms with van der Waals surface area (Å²) in [5, 5.41) is 0. The molecule has 13 heavy (non-hydrogen) atoms. The number of aryl methyl sites for hydroxylation is 1. The molecule has 2 N–H and O–H groups in total. The minimum absolute atomic E-state index is 0.330. The van der Waals surface area contributed by atoms with E-state index in [9.17, 15) is 4.79 Å². The first-order valence-electron chi connectivity index (χ1n) is 4.15. The molecule has 0 amide bonds. The Hall–Kier alpha value is -1.35. The molecule has 2 rings (SSSR count). The number of ether oxygens (including phenoxy) is 1. The normalized spacial score (nSPS) is 25.6. The van der Waals surface area contributed by atoms with Crippen LogP contribution in [0.5, 0.6) is 0 Å². The van der Waals surface area contributed by atoms with Crippen LogP contribution in [0.1, 0.15) is 28.4 Å². The molecule has 1 unspecified atom stereocenters. The van der Waals surface area contributed by atoms with E-state index in [1.807, 2.05) is 19.1 Å². The van der Waals surface area contributed by atoms with Gasteiger partial charge in [-0.3, -0.25) is 5.73 Å². The Balaban J connectivity index is 2.73. The molecule has 0 spiro atoms. The highest BCUT2D eigenvalue weighted by Crippen LogP contribution is 2.33. The Morgan fingerprint density at radius 1 is 1.46 bits per heavy atom. The van der Waals surface area contributed by atoms with E-state index in [1.165, 1.54) is 0 Å². The van der Waals surface area contributed by atoms with Crippen molar-refractivity contribution in [3.63, 3.8) is 0 Å². The summed E-state index contributed by atoms with van der Waals surface area (Å²) < 4.78 is 5.04. The Morgan fingerprint density at radius 2 is 2.15 bits per heavy atom. The van der Waals surface area contributed by atoms with Crippen LogP contribution < -0.4 is 5.73 Å². The third-order valence-electron chi connectivity index (χ3n) is 2.29. The van der Waals surface area contributed by atoms with E-state index >= 15 is 0 Å². The van der Waals surface area contributed by atoms with E-state index in [0.29, 0.717) is 5.56 Å². The van der Waals surface area contributed by atoms with Gasteiger partial charge in [0.05, 0.1) is 5.56 Å². The maximum Gasteiger partial charge on any atom is 0.340 e. The quantitative estimate of drug-likeness (QED) is 0.607. The first kappa shape index (κ1) is 8.26. The van der Waals surface area contributed by atoms with Gasteiger partial charge in [-0.05, 0) is 25.5 Å². The number of nitrogens with two attached hydrogens (primary N) is 1. The highest BCUT2D eigenvalue weighted by molar-refractivity contribution is 5.95. The summed E-state index contributed by atoms with van der Waals surface area (Å²) in [5.74, 6) is -0.330. The van der Waals surface area contributed by atoms with Crippen molar-refractivity contribution in [3.05, 3.63) is 34.9 Å². The Morgan fingerprint density at radius 3 is 2.77 bits per heavy atom. The second kappa shape index (κ2) is 2.33. The summed E-state index contributed by atoms with van der Waals surface area (Å²) in [6.07, 6.45) is 0. The number of fused-ring (bicyclic) bond motifs is 1. The monoisotopic (exact) mass is 177 g/mol. The summed E-state index contributed by atoms with van der Waals surface area (Å²) in [4.78, 5) is 11.3. The third kappa shape index (κ3) is 1.04. The zero-order chi connectivity index (χ0) is 9.64. The first-order chi connectivity index (χ1) is 6.02. The van der Waals surface area contributed by atoms with Crippen LogP contribution in [0.3, 0.4) is 0 Å². The second-order valence-electron chi connectivity index (χ2n) is 3.49. The summed E-state index contributed by atoms with van der Waals surface area (Å²) >= 11 is 0. The van der Waals surface area contributed by atoms with E-state index in [0.717, 1.165) is 11.1 Å². The molecule has 3 nitrogen and oxygen atoms in total. The van der Waals surface area contributed by atoms with Gasteiger partial charge in [0.25, 0.3) is 0 Å². The number of esters is 1. The molecular formula is C10H11NO2. The molecule has 0 radical (unpaired) electrons. The number of rotatable bonds is 0. The molecule has 1 aromatic carbocycles. The minimum atomic E-state index is -0.961. The summed E-state index contributed by atoms with van der Waals surface area (Å²) in [6.45, 7) is 3.62. The fraction of sp³-hybridized carbons (Fsp3) is 0.300. The fourth-order valence-electron chi connectivity index (χ4n) is 1.80. The summed E-state index contributed by atoms with van der Waals surface area (Å²) in [5.41, 5.74) is 7.26. The summed E-state index contributed by atoms with van der Waals surface area (Å²) in [7, 11) is 0. The summed E-state index contributed by atoms with van der Waals surface area (Å²) in [6, 6.07) is 5.49. The highest BCUT2D eigenvalue weighted by atomic mass is 16.6. The average Bonchev–Trinajstić information content (AvgIpc) is 2.24. The number of hydrogen-bond donors (Lipinski definition) is 1. The standard InChI is InChI=1S/C10H11NO2/c1-6-4-3-5-7-8(6)10(2,11)13-9(7)12/h3-5H,11H2,1-2H3. The van der Waals surface area contributed by atoms with E-state index in [4.69, 9.17) is 10.5 Å². The highest BCUT2D eigenvalue weighted by Gasteiger charge is 2.39. The lowest BCUT2D eigenvalue weighted by Gasteiger charge is -2.18. The van der Waals surface area contributed by atoms with Gasteiger partial charge in [-0.1, -0.05) is 12.1 Å². The molecule has 1 heterocycles. The smallest absolute Gasteiger partial charge is 0.340 e. The van der Waals surface area contributed by atoms with Crippen LogP contribution in [0.25, 0.3) is 0 Å². The van der Waals surface area contributed by atoms with Gasteiger partial charge in [-0.25, -0.2) is 4.79 Å². The molecule has 0 fully saturated rings. The van der Waals surface area contributed by atoms with Crippen LogP contribution in [0.4, 0.5) is 0 Å². The van der Waals surface area contributed by atoms with Crippen molar-refractivity contribution in [2.75, 3.05) is 0 Å². The van der Waals surface area contributed by atoms with Crippen LogP contribution >= 0.6 is 0 Å². The lowest BCUT2D eigenvalue weighted by molar-refractivity contribution is 0.00386. The molecule has 0 saturated carbocycles. The SMILES string of the molecule is Cc1cccc2c1C(C)(N)OC2=O. The zero-order valence-corrected chi connectivity index (χ0v) is 7.63. The maximum absolute atomic E-state index is 11.3. The second-order valence-corrected chi connectivity index (χ2v) is 3.49. The number of benzene rings is 1. The lowest BCUT2D eigenvalue weighted by atomic mass is 9.97. The van der Waals surface area contributed by atoms with Gasteiger partial charge in [0.2, 0.25) is 0 Å². The van der Waals surface area contributed by atoms with Gasteiger partial charge in [0.15, 0.2) is 5.72 Å². The van der Waals surface area contributed by atoms with E-state index in [2.05, 4.69) is 0 Å². The molecule has 1 aromatic rings. The molecule has 68 valence electrons. The molecule has 0 bridgehead atoms. The predicted octanol–water partition coefficient (Wildman–Crippen LogP) is 1.30. The fourth-order valence-corrected chi connectivity index (χ4v) is 1.80. The van der Waals surface area contributed by atoms with Crippen molar-refractivity contribution < 1.29 is 9.53 Å². The molecule has 1 aliphatic rings. The van der Waals surface area contributed by atoms with Crippen molar-refractivity contribution in [2.24, 2.45) is 5.73 Å². The average molecular weight is 177 g/mol. The first-order valence-corrected chi connectivity index (χ1v) is 4.15. The van der Waals surface area contributed by atoms with Crippen LogP contribution in [-0.2, 0) is 10.5 Å². The van der Waals surface area contributed by atoms with Crippen molar-refractivity contribution in [1.29, 1.82) is 0 Å². The lowest BCUT2D eigenvalue weighted by Crippen LogP contribution is -2.33. The molecule has 0 aromatic heterocycles. The van der Waals surface area contributed by atoms with Gasteiger partial charge in [0.1, 0.15) is 0 Å². The molecular weight excluding hydrogens is 166 g/mol. The number of cyclic esters (lactones) is 1. The number of hydrogen-bond acceptors (Lipinski definition) is 3. The minimum Gasteiger partial charge on any atom is -0.436 e. The van der Waals surface area contributed by atoms with Crippen molar-refractivity contribution in [1.82, 2.24) is 0 Å². The zero-order valence-electron chi connectivity index (χ0n) is 7.63. The third-order valence-corrected chi connectivity index (χ3v) is 2.29. The van der Waals surface area contributed by atoms with Crippen molar-refractivity contribution in [3.8, 4) is 0 Å². The van der Waals surface area contributed by atoms with Gasteiger partial charge in [-0.2, -0.15) is 0 Å². The molecule has 3 heteroatoms. The van der Waals surface area contributed by atoms with Gasteiger partial charge in [0, 0.05) is 5.56 Å². The molecule has 1 atom stereocenters. The van der Waals surface area contributed by atoms with Crippen molar-refractivity contribution >= 4 is 5.97 Å². The maximum atomic E-state index is 11.3. The topological polar surface area (TPSA) is 52.3 Å². The molecule has 0 saturated heterocycles. The Bertz CT molecular complexity index is 383. The van der Waals surface area contributed by atoms with E-state index < -0.39 is 5.72 Å². The number of carbonyl (C=O) groups is 1. The van der Waals surface area contributed by atoms with Gasteiger partial charge < -0.3 is 4.74 Å².